The standard InChI is InChI=1S/C15H16ClN3O/c16-12-6-7-14-18-13(10-19(14)9-12)8-17-15(20)11-4-2-1-3-5-11/h1-2,6-7,9-11H,3-5,8H2,(H,17,20). The molecule has 1 unspecified atom stereocenters. The Morgan fingerprint density at radius 1 is 1.40 bits per heavy atom. The number of halogens is 1. The normalized spacial score (nSPS) is 18.4. The van der Waals surface area contributed by atoms with E-state index in [0.29, 0.717) is 11.6 Å². The summed E-state index contributed by atoms with van der Waals surface area (Å²) in [6, 6.07) is 3.67. The fourth-order valence-corrected chi connectivity index (χ4v) is 2.62. The van der Waals surface area contributed by atoms with Crippen LogP contribution in [0.2, 0.25) is 5.02 Å². The quantitative estimate of drug-likeness (QED) is 0.883. The zero-order valence-electron chi connectivity index (χ0n) is 11.1. The summed E-state index contributed by atoms with van der Waals surface area (Å²) in [6.07, 6.45) is 10.7. The zero-order chi connectivity index (χ0) is 13.9. The third-order valence-electron chi connectivity index (χ3n) is 3.55. The number of allylic oxidation sites excluding steroid dienone is 2. The zero-order valence-corrected chi connectivity index (χ0v) is 11.8. The molecule has 0 aromatic carbocycles. The molecule has 1 atom stereocenters. The number of carbonyl (C=O) groups is 1. The summed E-state index contributed by atoms with van der Waals surface area (Å²) in [6.45, 7) is 0.457. The van der Waals surface area contributed by atoms with Gasteiger partial charge in [0.15, 0.2) is 0 Å². The molecule has 2 aromatic rings. The van der Waals surface area contributed by atoms with Gasteiger partial charge in [-0.1, -0.05) is 23.8 Å². The van der Waals surface area contributed by atoms with Crippen molar-refractivity contribution in [1.29, 1.82) is 0 Å². The van der Waals surface area contributed by atoms with Crippen LogP contribution in [0, 0.1) is 5.92 Å². The molecule has 0 fully saturated rings. The second kappa shape index (κ2) is 5.67. The number of amides is 1. The number of pyridine rings is 1. The van der Waals surface area contributed by atoms with Crippen LogP contribution in [0.3, 0.4) is 0 Å². The predicted molar refractivity (Wildman–Crippen MR) is 78.5 cm³/mol. The van der Waals surface area contributed by atoms with Crippen molar-refractivity contribution in [2.45, 2.75) is 25.8 Å². The van der Waals surface area contributed by atoms with Gasteiger partial charge in [0.1, 0.15) is 5.65 Å². The van der Waals surface area contributed by atoms with Gasteiger partial charge in [-0.2, -0.15) is 0 Å². The maximum Gasteiger partial charge on any atom is 0.223 e. The number of aromatic nitrogens is 2. The van der Waals surface area contributed by atoms with Crippen molar-refractivity contribution in [1.82, 2.24) is 14.7 Å². The molecule has 0 saturated heterocycles. The first-order chi connectivity index (χ1) is 9.72. The van der Waals surface area contributed by atoms with Crippen molar-refractivity contribution in [3.05, 3.63) is 47.4 Å². The van der Waals surface area contributed by atoms with Crippen LogP contribution < -0.4 is 5.32 Å². The Morgan fingerprint density at radius 3 is 3.10 bits per heavy atom. The van der Waals surface area contributed by atoms with Gasteiger partial charge in [0, 0.05) is 18.3 Å². The molecule has 4 nitrogen and oxygen atoms in total. The van der Waals surface area contributed by atoms with Gasteiger partial charge in [0.05, 0.1) is 17.3 Å². The highest BCUT2D eigenvalue weighted by molar-refractivity contribution is 6.30. The van der Waals surface area contributed by atoms with Gasteiger partial charge in [-0.25, -0.2) is 4.98 Å². The van der Waals surface area contributed by atoms with E-state index in [0.717, 1.165) is 30.6 Å². The van der Waals surface area contributed by atoms with Gasteiger partial charge in [0.2, 0.25) is 5.91 Å². The lowest BCUT2D eigenvalue weighted by atomic mass is 9.94. The van der Waals surface area contributed by atoms with Crippen LogP contribution in [0.5, 0.6) is 0 Å². The summed E-state index contributed by atoms with van der Waals surface area (Å²) >= 11 is 5.93. The third kappa shape index (κ3) is 2.85. The maximum absolute atomic E-state index is 12.0. The van der Waals surface area contributed by atoms with Gasteiger partial charge in [0.25, 0.3) is 0 Å². The second-order valence-electron chi connectivity index (χ2n) is 5.04. The molecule has 1 aliphatic rings. The van der Waals surface area contributed by atoms with E-state index in [4.69, 9.17) is 11.6 Å². The number of carbonyl (C=O) groups excluding carboxylic acids is 1. The predicted octanol–water partition coefficient (Wildman–Crippen LogP) is 2.96. The van der Waals surface area contributed by atoms with E-state index in [1.807, 2.05) is 16.7 Å². The van der Waals surface area contributed by atoms with Crippen molar-refractivity contribution in [3.63, 3.8) is 0 Å². The van der Waals surface area contributed by atoms with Crippen LogP contribution in [-0.2, 0) is 11.3 Å². The lowest BCUT2D eigenvalue weighted by Gasteiger charge is -2.16. The van der Waals surface area contributed by atoms with E-state index in [9.17, 15) is 4.79 Å². The second-order valence-corrected chi connectivity index (χ2v) is 5.48. The van der Waals surface area contributed by atoms with Crippen LogP contribution >= 0.6 is 11.6 Å². The fraction of sp³-hybridized carbons (Fsp3) is 0.333. The largest absolute Gasteiger partial charge is 0.350 e. The highest BCUT2D eigenvalue weighted by atomic mass is 35.5. The van der Waals surface area contributed by atoms with Crippen molar-refractivity contribution in [2.75, 3.05) is 0 Å². The molecule has 0 aliphatic heterocycles. The fourth-order valence-electron chi connectivity index (χ4n) is 2.46. The highest BCUT2D eigenvalue weighted by Gasteiger charge is 2.18. The molecule has 5 heteroatoms. The molecule has 0 spiro atoms. The first-order valence-electron chi connectivity index (χ1n) is 6.78. The Balaban J connectivity index is 1.64. The van der Waals surface area contributed by atoms with E-state index < -0.39 is 0 Å². The minimum Gasteiger partial charge on any atom is -0.350 e. The lowest BCUT2D eigenvalue weighted by Crippen LogP contribution is -2.30. The topological polar surface area (TPSA) is 46.4 Å². The van der Waals surface area contributed by atoms with E-state index in [-0.39, 0.29) is 11.8 Å². The number of imidazole rings is 1. The van der Waals surface area contributed by atoms with Gasteiger partial charge in [-0.15, -0.1) is 0 Å². The van der Waals surface area contributed by atoms with Crippen molar-refractivity contribution in [3.8, 4) is 0 Å². The van der Waals surface area contributed by atoms with Crippen molar-refractivity contribution >= 4 is 23.2 Å². The maximum atomic E-state index is 12.0. The molecule has 2 aromatic heterocycles. The highest BCUT2D eigenvalue weighted by Crippen LogP contribution is 2.18. The van der Waals surface area contributed by atoms with Gasteiger partial charge in [-0.05, 0) is 31.4 Å². The van der Waals surface area contributed by atoms with Gasteiger partial charge < -0.3 is 9.72 Å². The molecule has 2 heterocycles. The SMILES string of the molecule is O=C(NCc1cn2cc(Cl)ccc2n1)C1CC=CCC1. The van der Waals surface area contributed by atoms with Crippen LogP contribution in [0.4, 0.5) is 0 Å². The summed E-state index contributed by atoms with van der Waals surface area (Å²) in [5.74, 6) is 0.218. The van der Waals surface area contributed by atoms with E-state index in [1.54, 1.807) is 12.3 Å². The lowest BCUT2D eigenvalue weighted by molar-refractivity contribution is -0.125. The molecular formula is C15H16ClN3O. The molecule has 3 rings (SSSR count). The van der Waals surface area contributed by atoms with Crippen LogP contribution in [-0.4, -0.2) is 15.3 Å². The minimum atomic E-state index is 0.103. The number of hydrogen-bond donors (Lipinski definition) is 1. The smallest absolute Gasteiger partial charge is 0.223 e. The van der Waals surface area contributed by atoms with Crippen LogP contribution in [0.1, 0.15) is 25.0 Å². The molecule has 20 heavy (non-hydrogen) atoms. The van der Waals surface area contributed by atoms with Crippen LogP contribution in [0.15, 0.2) is 36.7 Å². The van der Waals surface area contributed by atoms with Crippen molar-refractivity contribution < 1.29 is 4.79 Å². The minimum absolute atomic E-state index is 0.103. The van der Waals surface area contributed by atoms with E-state index >= 15 is 0 Å². The molecule has 0 bridgehead atoms. The summed E-state index contributed by atoms with van der Waals surface area (Å²) in [4.78, 5) is 16.5. The average Bonchev–Trinajstić information content (AvgIpc) is 2.87. The number of hydrogen-bond acceptors (Lipinski definition) is 2. The van der Waals surface area contributed by atoms with E-state index in [1.165, 1.54) is 0 Å². The Labute approximate surface area is 122 Å². The Hall–Kier alpha value is -1.81. The van der Waals surface area contributed by atoms with Crippen molar-refractivity contribution in [2.24, 2.45) is 5.92 Å². The number of nitrogens with one attached hydrogen (secondary N) is 1. The summed E-state index contributed by atoms with van der Waals surface area (Å²) < 4.78 is 1.87. The summed E-state index contributed by atoms with van der Waals surface area (Å²) in [5.41, 5.74) is 1.67. The molecule has 0 saturated carbocycles. The Morgan fingerprint density at radius 2 is 2.30 bits per heavy atom. The molecule has 1 aliphatic carbocycles. The molecule has 104 valence electrons. The molecule has 1 amide bonds. The van der Waals surface area contributed by atoms with Gasteiger partial charge in [-0.3, -0.25) is 4.79 Å². The average molecular weight is 290 g/mol. The third-order valence-corrected chi connectivity index (χ3v) is 3.77. The summed E-state index contributed by atoms with van der Waals surface area (Å²) in [5, 5.41) is 3.63. The number of rotatable bonds is 3. The van der Waals surface area contributed by atoms with E-state index in [2.05, 4.69) is 22.5 Å². The van der Waals surface area contributed by atoms with Gasteiger partial charge >= 0.3 is 0 Å². The van der Waals surface area contributed by atoms with Crippen LogP contribution in [0.25, 0.3) is 5.65 Å². The molecule has 1 N–H and O–H groups in total. The Bertz CT molecular complexity index is 662. The number of nitrogens with zero attached hydrogens (tertiary/aromatic N) is 2. The molecular weight excluding hydrogens is 274 g/mol. The molecule has 0 radical (unpaired) electrons. The summed E-state index contributed by atoms with van der Waals surface area (Å²) in [7, 11) is 0. The number of fused-ring (bicyclic) bond motifs is 1. The Kier molecular flexibility index (Phi) is 3.74. The first kappa shape index (κ1) is 13.2. The monoisotopic (exact) mass is 289 g/mol. The first-order valence-corrected chi connectivity index (χ1v) is 7.16.